The molecule has 0 aliphatic carbocycles. The second kappa shape index (κ2) is 4.15. The molecule has 0 aromatic carbocycles. The summed E-state index contributed by atoms with van der Waals surface area (Å²) in [5, 5.41) is 2.62. The SMILES string of the molecule is CC(C)(C)OC(=O)C1CNCC1(C)C(F)(F)F. The van der Waals surface area contributed by atoms with E-state index in [1.807, 2.05) is 0 Å². The summed E-state index contributed by atoms with van der Waals surface area (Å²) in [6.45, 7) is 5.72. The van der Waals surface area contributed by atoms with Gasteiger partial charge in [-0.05, 0) is 27.7 Å². The Labute approximate surface area is 98.7 Å². The molecule has 1 aliphatic heterocycles. The van der Waals surface area contributed by atoms with Gasteiger partial charge >= 0.3 is 12.1 Å². The molecule has 1 rings (SSSR count). The summed E-state index contributed by atoms with van der Waals surface area (Å²) in [5.74, 6) is -1.97. The van der Waals surface area contributed by atoms with E-state index >= 15 is 0 Å². The molecule has 1 saturated heterocycles. The maximum atomic E-state index is 12.9. The average Bonchev–Trinajstić information content (AvgIpc) is 2.43. The Morgan fingerprint density at radius 2 is 1.88 bits per heavy atom. The van der Waals surface area contributed by atoms with Crippen LogP contribution in [0, 0.1) is 11.3 Å². The average molecular weight is 253 g/mol. The van der Waals surface area contributed by atoms with Gasteiger partial charge in [0.2, 0.25) is 0 Å². The van der Waals surface area contributed by atoms with Crippen LogP contribution in [0.15, 0.2) is 0 Å². The number of rotatable bonds is 1. The van der Waals surface area contributed by atoms with Gasteiger partial charge in [-0.1, -0.05) is 0 Å². The van der Waals surface area contributed by atoms with Crippen molar-refractivity contribution in [2.45, 2.75) is 39.5 Å². The zero-order valence-corrected chi connectivity index (χ0v) is 10.4. The summed E-state index contributed by atoms with van der Waals surface area (Å²) >= 11 is 0. The summed E-state index contributed by atoms with van der Waals surface area (Å²) in [7, 11) is 0. The molecule has 0 aromatic rings. The lowest BCUT2D eigenvalue weighted by molar-refractivity contribution is -0.230. The third-order valence-corrected chi connectivity index (χ3v) is 2.95. The van der Waals surface area contributed by atoms with Crippen molar-refractivity contribution in [1.29, 1.82) is 0 Å². The molecule has 1 aliphatic rings. The summed E-state index contributed by atoms with van der Waals surface area (Å²) in [6, 6.07) is 0. The summed E-state index contributed by atoms with van der Waals surface area (Å²) < 4.78 is 43.9. The molecule has 6 heteroatoms. The Balaban J connectivity index is 2.87. The minimum Gasteiger partial charge on any atom is -0.460 e. The van der Waals surface area contributed by atoms with E-state index in [1.54, 1.807) is 20.8 Å². The van der Waals surface area contributed by atoms with Crippen LogP contribution < -0.4 is 5.32 Å². The number of halogens is 3. The Bertz CT molecular complexity index is 309. The minimum atomic E-state index is -4.42. The molecule has 0 bridgehead atoms. The largest absolute Gasteiger partial charge is 0.460 e. The van der Waals surface area contributed by atoms with Crippen LogP contribution in [0.4, 0.5) is 13.2 Å². The van der Waals surface area contributed by atoms with Gasteiger partial charge in [-0.15, -0.1) is 0 Å². The molecule has 1 N–H and O–H groups in total. The van der Waals surface area contributed by atoms with E-state index in [-0.39, 0.29) is 13.1 Å². The van der Waals surface area contributed by atoms with Crippen LogP contribution in [-0.4, -0.2) is 30.8 Å². The monoisotopic (exact) mass is 253 g/mol. The molecule has 1 fully saturated rings. The van der Waals surface area contributed by atoms with E-state index in [4.69, 9.17) is 4.74 Å². The lowest BCUT2D eigenvalue weighted by Gasteiger charge is -2.33. The molecule has 100 valence electrons. The predicted molar refractivity (Wildman–Crippen MR) is 56.4 cm³/mol. The highest BCUT2D eigenvalue weighted by Crippen LogP contribution is 2.46. The number of esters is 1. The molecule has 2 unspecified atom stereocenters. The molecule has 3 nitrogen and oxygen atoms in total. The number of ether oxygens (including phenoxy) is 1. The summed E-state index contributed by atoms with van der Waals surface area (Å²) in [4.78, 5) is 11.8. The molecular weight excluding hydrogens is 235 g/mol. The molecule has 0 radical (unpaired) electrons. The number of carbonyl (C=O) groups excluding carboxylic acids is 1. The first-order valence-electron chi connectivity index (χ1n) is 5.48. The van der Waals surface area contributed by atoms with Gasteiger partial charge in [-0.25, -0.2) is 0 Å². The van der Waals surface area contributed by atoms with Gasteiger partial charge < -0.3 is 10.1 Å². The van der Waals surface area contributed by atoms with Crippen molar-refractivity contribution >= 4 is 5.97 Å². The van der Waals surface area contributed by atoms with Crippen molar-refractivity contribution in [2.75, 3.05) is 13.1 Å². The van der Waals surface area contributed by atoms with Crippen LogP contribution in [0.1, 0.15) is 27.7 Å². The Morgan fingerprint density at radius 1 is 1.35 bits per heavy atom. The van der Waals surface area contributed by atoms with Gasteiger partial charge in [0, 0.05) is 13.1 Å². The van der Waals surface area contributed by atoms with E-state index in [0.29, 0.717) is 0 Å². The van der Waals surface area contributed by atoms with Crippen LogP contribution in [0.25, 0.3) is 0 Å². The molecule has 2 atom stereocenters. The highest BCUT2D eigenvalue weighted by Gasteiger charge is 2.61. The highest BCUT2D eigenvalue weighted by atomic mass is 19.4. The third-order valence-electron chi connectivity index (χ3n) is 2.95. The van der Waals surface area contributed by atoms with Crippen LogP contribution >= 0.6 is 0 Å². The molecule has 0 spiro atoms. The molecule has 17 heavy (non-hydrogen) atoms. The zero-order chi connectivity index (χ0) is 13.5. The minimum absolute atomic E-state index is 0.00488. The van der Waals surface area contributed by atoms with Gasteiger partial charge in [0.05, 0.1) is 11.3 Å². The number of hydrogen-bond acceptors (Lipinski definition) is 3. The van der Waals surface area contributed by atoms with Crippen LogP contribution in [0.2, 0.25) is 0 Å². The lowest BCUT2D eigenvalue weighted by atomic mass is 9.79. The van der Waals surface area contributed by atoms with Crippen LogP contribution in [0.5, 0.6) is 0 Å². The highest BCUT2D eigenvalue weighted by molar-refractivity contribution is 5.75. The van der Waals surface area contributed by atoms with Crippen molar-refractivity contribution in [3.8, 4) is 0 Å². The number of carbonyl (C=O) groups is 1. The zero-order valence-electron chi connectivity index (χ0n) is 10.4. The third kappa shape index (κ3) is 2.91. The Morgan fingerprint density at radius 3 is 2.29 bits per heavy atom. The first-order chi connectivity index (χ1) is 7.47. The standard InChI is InChI=1S/C11H18F3NO2/c1-9(2,3)17-8(16)7-5-15-6-10(7,4)11(12,13)14/h7,15H,5-6H2,1-4H3. The number of alkyl halides is 3. The molecular formula is C11H18F3NO2. The van der Waals surface area contributed by atoms with Crippen molar-refractivity contribution < 1.29 is 22.7 Å². The van der Waals surface area contributed by atoms with Crippen molar-refractivity contribution in [1.82, 2.24) is 5.32 Å². The second-order valence-electron chi connectivity index (χ2n) is 5.63. The first-order valence-corrected chi connectivity index (χ1v) is 5.48. The smallest absolute Gasteiger partial charge is 0.396 e. The normalized spacial score (nSPS) is 30.4. The van der Waals surface area contributed by atoms with Gasteiger partial charge in [0.25, 0.3) is 0 Å². The molecule has 0 aromatic heterocycles. The van der Waals surface area contributed by atoms with E-state index in [0.717, 1.165) is 6.92 Å². The fourth-order valence-electron chi connectivity index (χ4n) is 1.84. The van der Waals surface area contributed by atoms with Crippen molar-refractivity contribution in [3.05, 3.63) is 0 Å². The second-order valence-corrected chi connectivity index (χ2v) is 5.63. The van der Waals surface area contributed by atoms with Gasteiger partial charge in [0.1, 0.15) is 5.60 Å². The molecule has 1 heterocycles. The van der Waals surface area contributed by atoms with Gasteiger partial charge in [-0.3, -0.25) is 4.79 Å². The van der Waals surface area contributed by atoms with E-state index < -0.39 is 29.1 Å². The molecule has 0 amide bonds. The van der Waals surface area contributed by atoms with E-state index in [9.17, 15) is 18.0 Å². The van der Waals surface area contributed by atoms with Crippen LogP contribution in [0.3, 0.4) is 0 Å². The summed E-state index contributed by atoms with van der Waals surface area (Å²) in [5.41, 5.74) is -2.82. The van der Waals surface area contributed by atoms with Crippen molar-refractivity contribution in [2.24, 2.45) is 11.3 Å². The van der Waals surface area contributed by atoms with Gasteiger partial charge in [-0.2, -0.15) is 13.2 Å². The molecule has 0 saturated carbocycles. The first kappa shape index (κ1) is 14.3. The maximum Gasteiger partial charge on any atom is 0.396 e. The topological polar surface area (TPSA) is 38.3 Å². The van der Waals surface area contributed by atoms with E-state index in [1.165, 1.54) is 0 Å². The fourth-order valence-corrected chi connectivity index (χ4v) is 1.84. The quantitative estimate of drug-likeness (QED) is 0.727. The van der Waals surface area contributed by atoms with Gasteiger partial charge in [0.15, 0.2) is 0 Å². The fraction of sp³-hybridized carbons (Fsp3) is 0.909. The van der Waals surface area contributed by atoms with Crippen molar-refractivity contribution in [3.63, 3.8) is 0 Å². The summed E-state index contributed by atoms with van der Waals surface area (Å²) in [6.07, 6.45) is -4.42. The Kier molecular flexibility index (Phi) is 3.49. The van der Waals surface area contributed by atoms with Crippen LogP contribution in [-0.2, 0) is 9.53 Å². The number of hydrogen-bond donors (Lipinski definition) is 1. The van der Waals surface area contributed by atoms with E-state index in [2.05, 4.69) is 5.32 Å². The Hall–Kier alpha value is -0.780. The maximum absolute atomic E-state index is 12.9. The lowest BCUT2D eigenvalue weighted by Crippen LogP contribution is -2.46. The number of nitrogens with one attached hydrogen (secondary N) is 1. The predicted octanol–water partition coefficient (Wildman–Crippen LogP) is 2.12.